The van der Waals surface area contributed by atoms with E-state index < -0.39 is 17.8 Å². The molecule has 3 unspecified atom stereocenters. The van der Waals surface area contributed by atoms with Gasteiger partial charge in [0.25, 0.3) is 0 Å². The lowest BCUT2D eigenvalue weighted by molar-refractivity contribution is -0.153. The molecule has 0 aromatic heterocycles. The minimum atomic E-state index is -0.835. The smallest absolute Gasteiger partial charge is 0.317 e. The Morgan fingerprint density at radius 2 is 1.79 bits per heavy atom. The molecule has 3 atom stereocenters. The van der Waals surface area contributed by atoms with Gasteiger partial charge in [0.1, 0.15) is 18.3 Å². The van der Waals surface area contributed by atoms with Crippen LogP contribution in [0.3, 0.4) is 0 Å². The summed E-state index contributed by atoms with van der Waals surface area (Å²) in [4.78, 5) is 38.3. The van der Waals surface area contributed by atoms with Gasteiger partial charge in [-0.2, -0.15) is 0 Å². The number of allylic oxidation sites excluding steroid dienone is 2. The molecule has 2 aliphatic rings. The van der Waals surface area contributed by atoms with E-state index in [1.54, 1.807) is 6.92 Å². The first kappa shape index (κ1) is 22.8. The van der Waals surface area contributed by atoms with Gasteiger partial charge < -0.3 is 14.8 Å². The predicted octanol–water partition coefficient (Wildman–Crippen LogP) is 4.22. The summed E-state index contributed by atoms with van der Waals surface area (Å²) < 4.78 is 11.1. The number of hydrogen-bond acceptors (Lipinski definition) is 5. The number of aryl methyl sites for hydroxylation is 1. The largest absolute Gasteiger partial charge is 0.489 e. The number of ether oxygens (including phenoxy) is 2. The highest BCUT2D eigenvalue weighted by Crippen LogP contribution is 2.42. The van der Waals surface area contributed by atoms with Crippen LogP contribution in [0.1, 0.15) is 49.3 Å². The number of ketones is 1. The maximum absolute atomic E-state index is 13.4. The number of carbonyl (C=O) groups is 3. The lowest BCUT2D eigenvalue weighted by Crippen LogP contribution is -2.44. The van der Waals surface area contributed by atoms with E-state index in [0.29, 0.717) is 30.0 Å². The third kappa shape index (κ3) is 4.70. The van der Waals surface area contributed by atoms with Gasteiger partial charge in [-0.1, -0.05) is 43.3 Å². The topological polar surface area (TPSA) is 81.7 Å². The highest BCUT2D eigenvalue weighted by molar-refractivity contribution is 6.11. The van der Waals surface area contributed by atoms with E-state index in [9.17, 15) is 14.4 Å². The highest BCUT2D eigenvalue weighted by Gasteiger charge is 2.45. The van der Waals surface area contributed by atoms with Crippen molar-refractivity contribution in [3.05, 3.63) is 76.5 Å². The fourth-order valence-electron chi connectivity index (χ4n) is 4.72. The number of amides is 1. The molecule has 2 aromatic carbocycles. The number of hydrogen-bond donors (Lipinski definition) is 1. The van der Waals surface area contributed by atoms with Crippen molar-refractivity contribution >= 4 is 17.7 Å². The summed E-state index contributed by atoms with van der Waals surface area (Å²) in [6.45, 7) is 6.31. The van der Waals surface area contributed by atoms with Gasteiger partial charge in [0, 0.05) is 23.6 Å². The second-order valence-corrected chi connectivity index (χ2v) is 8.76. The van der Waals surface area contributed by atoms with Crippen molar-refractivity contribution in [2.24, 2.45) is 11.8 Å². The molecular weight excluding hydrogens is 418 g/mol. The van der Waals surface area contributed by atoms with Crippen LogP contribution in [0.4, 0.5) is 0 Å². The Labute approximate surface area is 194 Å². The van der Waals surface area contributed by atoms with Gasteiger partial charge in [0.2, 0.25) is 5.91 Å². The van der Waals surface area contributed by atoms with Gasteiger partial charge in [-0.05, 0) is 55.0 Å². The maximum Gasteiger partial charge on any atom is 0.317 e. The van der Waals surface area contributed by atoms with Gasteiger partial charge in [0.15, 0.2) is 5.78 Å². The monoisotopic (exact) mass is 447 g/mol. The minimum absolute atomic E-state index is 0.117. The van der Waals surface area contributed by atoms with Crippen LogP contribution in [-0.2, 0) is 25.7 Å². The molecule has 6 nitrogen and oxygen atoms in total. The third-order valence-corrected chi connectivity index (χ3v) is 6.48. The molecule has 1 heterocycles. The summed E-state index contributed by atoms with van der Waals surface area (Å²) in [6.07, 6.45) is 0.627. The first-order valence-corrected chi connectivity index (χ1v) is 11.4. The zero-order chi connectivity index (χ0) is 23.5. The molecule has 1 N–H and O–H groups in total. The van der Waals surface area contributed by atoms with Crippen LogP contribution in [0.15, 0.2) is 59.8 Å². The summed E-state index contributed by atoms with van der Waals surface area (Å²) in [5, 5.41) is 2.87. The van der Waals surface area contributed by atoms with E-state index in [0.717, 1.165) is 11.1 Å². The van der Waals surface area contributed by atoms with Gasteiger partial charge >= 0.3 is 5.97 Å². The van der Waals surface area contributed by atoms with E-state index >= 15 is 0 Å². The molecule has 6 heteroatoms. The van der Waals surface area contributed by atoms with Gasteiger partial charge in [-0.25, -0.2) is 0 Å². The average Bonchev–Trinajstić information content (AvgIpc) is 2.78. The maximum atomic E-state index is 13.4. The molecule has 0 spiro atoms. The Balaban J connectivity index is 1.56. The van der Waals surface area contributed by atoms with E-state index in [1.165, 1.54) is 5.56 Å². The van der Waals surface area contributed by atoms with Crippen LogP contribution in [-0.4, -0.2) is 24.3 Å². The summed E-state index contributed by atoms with van der Waals surface area (Å²) in [5.74, 6) is -1.59. The first-order valence-electron chi connectivity index (χ1n) is 11.4. The molecular formula is C27H29NO5. The molecule has 1 aliphatic carbocycles. The summed E-state index contributed by atoms with van der Waals surface area (Å²) in [7, 11) is 0. The lowest BCUT2D eigenvalue weighted by Gasteiger charge is -2.36. The molecule has 2 aromatic rings. The fraction of sp³-hybridized carbons (Fsp3) is 0.370. The Hall–Kier alpha value is -3.41. The van der Waals surface area contributed by atoms with Crippen LogP contribution in [0.25, 0.3) is 0 Å². The zero-order valence-corrected chi connectivity index (χ0v) is 19.2. The van der Waals surface area contributed by atoms with E-state index in [2.05, 4.69) is 5.32 Å². The molecule has 1 amide bonds. The molecule has 0 saturated heterocycles. The van der Waals surface area contributed by atoms with Crippen molar-refractivity contribution in [3.63, 3.8) is 0 Å². The molecule has 0 radical (unpaired) electrons. The first-order chi connectivity index (χ1) is 15.9. The SMILES string of the molecule is CCOC(=O)C1C(=O)C2=C(CC1C)NC(=O)CC2c1ccc(OCc2ccccc2C)cc1. The van der Waals surface area contributed by atoms with Crippen LogP contribution in [0, 0.1) is 18.8 Å². The van der Waals surface area contributed by atoms with Gasteiger partial charge in [-0.3, -0.25) is 14.4 Å². The van der Waals surface area contributed by atoms with E-state index in [-0.39, 0.29) is 30.6 Å². The van der Waals surface area contributed by atoms with E-state index in [4.69, 9.17) is 9.47 Å². The summed E-state index contributed by atoms with van der Waals surface area (Å²) in [6, 6.07) is 15.6. The Bertz CT molecular complexity index is 1100. The third-order valence-electron chi connectivity index (χ3n) is 6.48. The number of Topliss-reactive ketones (excluding diaryl/α,β-unsaturated/α-hetero) is 1. The molecule has 33 heavy (non-hydrogen) atoms. The van der Waals surface area contributed by atoms with E-state index in [1.807, 2.05) is 62.4 Å². The Kier molecular flexibility index (Phi) is 6.63. The quantitative estimate of drug-likeness (QED) is 0.530. The number of rotatable bonds is 6. The Morgan fingerprint density at radius 3 is 2.48 bits per heavy atom. The van der Waals surface area contributed by atoms with Crippen molar-refractivity contribution in [2.45, 2.75) is 46.1 Å². The molecule has 0 bridgehead atoms. The number of nitrogens with one attached hydrogen (secondary N) is 1. The summed E-state index contributed by atoms with van der Waals surface area (Å²) in [5.41, 5.74) is 4.30. The van der Waals surface area contributed by atoms with Crippen LogP contribution >= 0.6 is 0 Å². The van der Waals surface area contributed by atoms with Crippen LogP contribution in [0.5, 0.6) is 5.75 Å². The molecule has 172 valence electrons. The van der Waals surface area contributed by atoms with Crippen molar-refractivity contribution in [1.29, 1.82) is 0 Å². The van der Waals surface area contributed by atoms with Crippen molar-refractivity contribution in [2.75, 3.05) is 6.61 Å². The standard InChI is InChI=1S/C27H29NO5/c1-4-32-27(31)24-17(3)13-22-25(26(24)30)21(14-23(29)28-22)18-9-11-20(12-10-18)33-15-19-8-6-5-7-16(19)2/h5-12,17,21,24H,4,13-15H2,1-3H3,(H,28,29). The molecule has 1 aliphatic heterocycles. The van der Waals surface area contributed by atoms with Crippen molar-refractivity contribution in [1.82, 2.24) is 5.32 Å². The summed E-state index contributed by atoms with van der Waals surface area (Å²) >= 11 is 0. The molecule has 0 saturated carbocycles. The average molecular weight is 448 g/mol. The number of esters is 1. The fourth-order valence-corrected chi connectivity index (χ4v) is 4.72. The van der Waals surface area contributed by atoms with Crippen LogP contribution < -0.4 is 10.1 Å². The number of benzene rings is 2. The zero-order valence-electron chi connectivity index (χ0n) is 19.2. The lowest BCUT2D eigenvalue weighted by atomic mass is 9.70. The van der Waals surface area contributed by atoms with Crippen molar-refractivity contribution < 1.29 is 23.9 Å². The normalized spacial score (nSPS) is 22.5. The molecule has 0 fully saturated rings. The van der Waals surface area contributed by atoms with Crippen LogP contribution in [0.2, 0.25) is 0 Å². The second kappa shape index (κ2) is 9.61. The minimum Gasteiger partial charge on any atom is -0.489 e. The Morgan fingerprint density at radius 1 is 1.06 bits per heavy atom. The van der Waals surface area contributed by atoms with Gasteiger partial charge in [-0.15, -0.1) is 0 Å². The molecule has 4 rings (SSSR count). The van der Waals surface area contributed by atoms with Crippen molar-refractivity contribution in [3.8, 4) is 5.75 Å². The second-order valence-electron chi connectivity index (χ2n) is 8.76. The van der Waals surface area contributed by atoms with Gasteiger partial charge in [0.05, 0.1) is 6.61 Å². The highest BCUT2D eigenvalue weighted by atomic mass is 16.5. The predicted molar refractivity (Wildman–Crippen MR) is 123 cm³/mol. The number of carbonyl (C=O) groups excluding carboxylic acids is 3.